The Kier molecular flexibility index (Phi) is 106. The van der Waals surface area contributed by atoms with Crippen molar-refractivity contribution >= 4 is 52.3 Å². The van der Waals surface area contributed by atoms with Gasteiger partial charge in [0.25, 0.3) is 0 Å². The molecule has 0 bridgehead atoms. The first-order chi connectivity index (χ1) is 1.00. The smallest absolute Gasteiger partial charge is 1.00 e. The quantitative estimate of drug-likeness (QED) is 0.387. The van der Waals surface area contributed by atoms with Gasteiger partial charge in [0.15, 0.2) is 17.4 Å². The van der Waals surface area contributed by atoms with Gasteiger partial charge in [-0.05, 0) is 0 Å². The van der Waals surface area contributed by atoms with Gasteiger partial charge in [-0.3, -0.25) is 4.66 Å². The molecule has 0 fully saturated rings. The molecule has 0 radical (unpaired) electrons. The van der Waals surface area contributed by atoms with Crippen molar-refractivity contribution in [2.45, 2.75) is 0 Å². The standard InChI is InChI=1S/Al.ClHO.Mg.5H/c;1-2;;;;;;/h;2H;;;;;;/q;;+2;;;;2*-1. The first kappa shape index (κ1) is 17.7. The summed E-state index contributed by atoms with van der Waals surface area (Å²) in [4.78, 5) is 0. The molecular weight excluding hydrogens is 103 g/mol. The summed E-state index contributed by atoms with van der Waals surface area (Å²) in [5.41, 5.74) is 0. The maximum absolute atomic E-state index is 6.47. The second-order valence-corrected chi connectivity index (χ2v) is 0. The van der Waals surface area contributed by atoms with Crippen LogP contribution >= 0.6 is 11.9 Å². The average molecular weight is 109 g/mol. The van der Waals surface area contributed by atoms with Gasteiger partial charge in [-0.1, -0.05) is 0 Å². The zero-order valence-corrected chi connectivity index (χ0v) is 3.70. The van der Waals surface area contributed by atoms with Crippen molar-refractivity contribution in [2.75, 3.05) is 0 Å². The van der Waals surface area contributed by atoms with Crippen LogP contribution < -0.4 is 0 Å². The molecule has 1 N–H and O–H groups in total. The zero-order chi connectivity index (χ0) is 2.00. The van der Waals surface area contributed by atoms with E-state index in [9.17, 15) is 0 Å². The van der Waals surface area contributed by atoms with E-state index in [2.05, 4.69) is 11.9 Å². The van der Waals surface area contributed by atoms with Gasteiger partial charge in [0.1, 0.15) is 0 Å². The first-order valence-electron chi connectivity index (χ1n) is 0.169. The summed E-state index contributed by atoms with van der Waals surface area (Å²) in [5, 5.41) is 0. The predicted octanol–water partition coefficient (Wildman–Crippen LogP) is -1.21. The molecule has 0 aliphatic rings. The summed E-state index contributed by atoms with van der Waals surface area (Å²) in [6.45, 7) is 0. The normalized spacial score (nSPS) is 1.50. The predicted molar refractivity (Wildman–Crippen MR) is 26.0 cm³/mol. The van der Waals surface area contributed by atoms with Crippen molar-refractivity contribution in [3.8, 4) is 0 Å². The Morgan fingerprint density at radius 3 is 1.50 bits per heavy atom. The number of rotatable bonds is 0. The first-order valence-corrected chi connectivity index (χ1v) is 0.507. The van der Waals surface area contributed by atoms with Crippen LogP contribution in [0.4, 0.5) is 0 Å². The van der Waals surface area contributed by atoms with Crippen molar-refractivity contribution < 1.29 is 7.51 Å². The van der Waals surface area contributed by atoms with Crippen LogP contribution in [0, 0.1) is 0 Å². The van der Waals surface area contributed by atoms with Gasteiger partial charge in [-0.2, -0.15) is 0 Å². The van der Waals surface area contributed by atoms with E-state index in [0.717, 1.165) is 0 Å². The molecule has 24 valence electrons. The summed E-state index contributed by atoms with van der Waals surface area (Å²) in [5.74, 6) is 0. The van der Waals surface area contributed by atoms with Crippen molar-refractivity contribution in [2.24, 2.45) is 0 Å². The monoisotopic (exact) mass is 108 g/mol. The summed E-state index contributed by atoms with van der Waals surface area (Å²) >= 11 is 3.64. The van der Waals surface area contributed by atoms with Crippen LogP contribution in [0.15, 0.2) is 0 Å². The molecular formula is H6AlClMgO. The van der Waals surface area contributed by atoms with Crippen molar-refractivity contribution in [3.63, 3.8) is 0 Å². The van der Waals surface area contributed by atoms with E-state index in [1.165, 1.54) is 0 Å². The number of hydrogen-bond acceptors (Lipinski definition) is 1. The van der Waals surface area contributed by atoms with E-state index < -0.39 is 0 Å². The molecule has 1 nitrogen and oxygen atoms in total. The maximum atomic E-state index is 6.47. The SMILES string of the molecule is OCl.[AlH3].[H-].[H-].[Mg+2]. The van der Waals surface area contributed by atoms with Crippen molar-refractivity contribution in [1.82, 2.24) is 0 Å². The fourth-order valence-corrected chi connectivity index (χ4v) is 0. The summed E-state index contributed by atoms with van der Waals surface area (Å²) < 4.78 is 6.47. The second-order valence-electron chi connectivity index (χ2n) is 0. The minimum atomic E-state index is 0. The topological polar surface area (TPSA) is 20.2 Å². The van der Waals surface area contributed by atoms with E-state index in [1.807, 2.05) is 0 Å². The molecule has 0 heterocycles. The van der Waals surface area contributed by atoms with Crippen LogP contribution in [0.1, 0.15) is 2.85 Å². The van der Waals surface area contributed by atoms with Crippen LogP contribution in [-0.2, 0) is 0 Å². The van der Waals surface area contributed by atoms with E-state index in [0.29, 0.717) is 0 Å². The molecule has 0 atom stereocenters. The molecule has 4 heteroatoms. The Bertz CT molecular complexity index is 13.5. The van der Waals surface area contributed by atoms with Gasteiger partial charge >= 0.3 is 23.1 Å². The van der Waals surface area contributed by atoms with Crippen LogP contribution in [-0.4, -0.2) is 45.1 Å². The largest absolute Gasteiger partial charge is 2.00 e. The van der Waals surface area contributed by atoms with E-state index in [1.54, 1.807) is 0 Å². The molecule has 4 heavy (non-hydrogen) atoms. The Morgan fingerprint density at radius 1 is 1.50 bits per heavy atom. The molecule has 0 amide bonds. The second kappa shape index (κ2) is 23.9. The Morgan fingerprint density at radius 2 is 1.50 bits per heavy atom. The number of hydrogen-bond donors (Lipinski definition) is 1. The van der Waals surface area contributed by atoms with Gasteiger partial charge in [-0.15, -0.1) is 0 Å². The molecule has 0 unspecified atom stereocenters. The Balaban J connectivity index is -0.000000000833. The molecule has 0 aromatic carbocycles. The third kappa shape index (κ3) is 9.61. The molecule has 0 aromatic rings. The number of halogens is 1. The van der Waals surface area contributed by atoms with Crippen LogP contribution in [0.3, 0.4) is 0 Å². The third-order valence-corrected chi connectivity index (χ3v) is 0. The van der Waals surface area contributed by atoms with Gasteiger partial charge in [0.2, 0.25) is 0 Å². The Labute approximate surface area is 59.8 Å². The van der Waals surface area contributed by atoms with Crippen LogP contribution in [0.25, 0.3) is 0 Å². The third-order valence-electron chi connectivity index (χ3n) is 0. The summed E-state index contributed by atoms with van der Waals surface area (Å²) in [7, 11) is 0. The molecule has 0 rings (SSSR count). The van der Waals surface area contributed by atoms with Gasteiger partial charge in [0, 0.05) is 0 Å². The molecule has 0 spiro atoms. The summed E-state index contributed by atoms with van der Waals surface area (Å²) in [6.07, 6.45) is 0. The van der Waals surface area contributed by atoms with E-state index in [-0.39, 0.29) is 43.3 Å². The van der Waals surface area contributed by atoms with Crippen molar-refractivity contribution in [3.05, 3.63) is 0 Å². The zero-order valence-electron chi connectivity index (χ0n) is 3.53. The average Bonchev–Trinajstić information content (AvgIpc) is 1.00. The maximum Gasteiger partial charge on any atom is 2.00 e. The van der Waals surface area contributed by atoms with Gasteiger partial charge in [-0.25, -0.2) is 0 Å². The molecule has 0 aliphatic heterocycles. The molecule has 0 saturated heterocycles. The fraction of sp³-hybridized carbons (Fsp3) is 0. The van der Waals surface area contributed by atoms with Crippen LogP contribution in [0.5, 0.6) is 0 Å². The minimum Gasteiger partial charge on any atom is -1.00 e. The van der Waals surface area contributed by atoms with Crippen molar-refractivity contribution in [1.29, 1.82) is 0 Å². The fourth-order valence-electron chi connectivity index (χ4n) is 0. The van der Waals surface area contributed by atoms with E-state index in [4.69, 9.17) is 4.66 Å². The summed E-state index contributed by atoms with van der Waals surface area (Å²) in [6, 6.07) is 0. The molecule has 0 saturated carbocycles. The van der Waals surface area contributed by atoms with E-state index >= 15 is 0 Å². The molecule has 0 aromatic heterocycles. The van der Waals surface area contributed by atoms with Gasteiger partial charge < -0.3 is 2.85 Å². The van der Waals surface area contributed by atoms with Crippen LogP contribution in [0.2, 0.25) is 0 Å². The minimum absolute atomic E-state index is 0. The molecule has 0 aliphatic carbocycles. The van der Waals surface area contributed by atoms with Gasteiger partial charge in [0.05, 0.1) is 11.9 Å². The Hall–Kier alpha value is 1.55.